The molecule has 4 nitrogen and oxygen atoms in total. The Bertz CT molecular complexity index is 885. The van der Waals surface area contributed by atoms with E-state index in [4.69, 9.17) is 27.9 Å². The summed E-state index contributed by atoms with van der Waals surface area (Å²) in [6, 6.07) is 9.34. The summed E-state index contributed by atoms with van der Waals surface area (Å²) in [6.45, 7) is -0.250. The average Bonchev–Trinajstić information content (AvgIpc) is 2.90. The second-order valence-corrected chi connectivity index (χ2v) is 6.39. The first-order valence-electron chi connectivity index (χ1n) is 6.45. The molecule has 0 unspecified atom stereocenters. The number of aromatic nitrogens is 1. The molecule has 0 spiro atoms. The van der Waals surface area contributed by atoms with Crippen LogP contribution in [0.4, 0.5) is 9.52 Å². The van der Waals surface area contributed by atoms with E-state index in [0.717, 1.165) is 0 Å². The van der Waals surface area contributed by atoms with E-state index in [0.29, 0.717) is 25.6 Å². The minimum atomic E-state index is -0.427. The second-order valence-electron chi connectivity index (χ2n) is 4.52. The molecule has 0 radical (unpaired) electrons. The minimum absolute atomic E-state index is 0.231. The summed E-state index contributed by atoms with van der Waals surface area (Å²) in [5.74, 6) is -0.500. The number of carbonyl (C=O) groups excluding carboxylic acids is 1. The van der Waals surface area contributed by atoms with E-state index in [1.165, 1.54) is 23.5 Å². The molecule has 0 fully saturated rings. The van der Waals surface area contributed by atoms with Gasteiger partial charge in [0.15, 0.2) is 11.7 Å². The van der Waals surface area contributed by atoms with Gasteiger partial charge in [0.1, 0.15) is 17.1 Å². The number of ether oxygens (including phenoxy) is 1. The molecule has 1 heterocycles. The highest BCUT2D eigenvalue weighted by Crippen LogP contribution is 2.28. The first kappa shape index (κ1) is 16.0. The van der Waals surface area contributed by atoms with Crippen LogP contribution >= 0.6 is 34.5 Å². The summed E-state index contributed by atoms with van der Waals surface area (Å²) in [5.41, 5.74) is 0.231. The number of nitrogens with one attached hydrogen (secondary N) is 1. The van der Waals surface area contributed by atoms with E-state index in [1.54, 1.807) is 24.3 Å². The Morgan fingerprint density at radius 3 is 2.87 bits per heavy atom. The van der Waals surface area contributed by atoms with Crippen LogP contribution in [0.5, 0.6) is 5.75 Å². The van der Waals surface area contributed by atoms with E-state index >= 15 is 0 Å². The lowest BCUT2D eigenvalue weighted by molar-refractivity contribution is -0.118. The van der Waals surface area contributed by atoms with Crippen molar-refractivity contribution in [1.82, 2.24) is 4.98 Å². The Kier molecular flexibility index (Phi) is 4.66. The van der Waals surface area contributed by atoms with Gasteiger partial charge < -0.3 is 4.74 Å². The number of nitrogens with zero attached hydrogens (tertiary/aromatic N) is 1. The third kappa shape index (κ3) is 3.72. The van der Waals surface area contributed by atoms with E-state index in [2.05, 4.69) is 10.3 Å². The maximum absolute atomic E-state index is 13.6. The van der Waals surface area contributed by atoms with Gasteiger partial charge in [-0.15, -0.1) is 0 Å². The van der Waals surface area contributed by atoms with E-state index < -0.39 is 11.7 Å². The topological polar surface area (TPSA) is 51.2 Å². The molecule has 1 aromatic heterocycles. The Labute approximate surface area is 144 Å². The first-order valence-corrected chi connectivity index (χ1v) is 8.03. The number of rotatable bonds is 4. The molecule has 0 saturated carbocycles. The van der Waals surface area contributed by atoms with Crippen molar-refractivity contribution in [2.75, 3.05) is 11.9 Å². The molecule has 0 aliphatic heterocycles. The predicted octanol–water partition coefficient (Wildman–Crippen LogP) is 4.76. The highest BCUT2D eigenvalue weighted by Gasteiger charge is 2.11. The van der Waals surface area contributed by atoms with Crippen LogP contribution in [0.2, 0.25) is 10.0 Å². The molecule has 0 atom stereocenters. The number of benzene rings is 2. The number of amides is 1. The van der Waals surface area contributed by atoms with E-state index in [9.17, 15) is 9.18 Å². The molecule has 23 heavy (non-hydrogen) atoms. The van der Waals surface area contributed by atoms with E-state index in [1.807, 2.05) is 0 Å². The Hall–Kier alpha value is -1.89. The fourth-order valence-electron chi connectivity index (χ4n) is 1.86. The maximum atomic E-state index is 13.6. The predicted molar refractivity (Wildman–Crippen MR) is 90.2 cm³/mol. The van der Waals surface area contributed by atoms with Crippen LogP contribution in [0.15, 0.2) is 36.4 Å². The number of fused-ring (bicyclic) bond motifs is 1. The van der Waals surface area contributed by atoms with Crippen LogP contribution < -0.4 is 10.1 Å². The van der Waals surface area contributed by atoms with Gasteiger partial charge in [-0.2, -0.15) is 0 Å². The van der Waals surface area contributed by atoms with Crippen LogP contribution in [-0.4, -0.2) is 17.5 Å². The van der Waals surface area contributed by atoms with Gasteiger partial charge in [0.05, 0.1) is 9.72 Å². The van der Waals surface area contributed by atoms with Gasteiger partial charge >= 0.3 is 0 Å². The number of halogens is 3. The van der Waals surface area contributed by atoms with Gasteiger partial charge in [-0.3, -0.25) is 10.1 Å². The van der Waals surface area contributed by atoms with Crippen molar-refractivity contribution in [2.45, 2.75) is 0 Å². The number of hydrogen-bond acceptors (Lipinski definition) is 4. The van der Waals surface area contributed by atoms with Crippen molar-refractivity contribution in [3.05, 3.63) is 52.3 Å². The summed E-state index contributed by atoms with van der Waals surface area (Å²) in [4.78, 5) is 15.9. The summed E-state index contributed by atoms with van der Waals surface area (Å²) in [7, 11) is 0. The molecular formula is C15H9Cl2FN2O2S. The number of anilines is 1. The Morgan fingerprint density at radius 1 is 1.30 bits per heavy atom. The van der Waals surface area contributed by atoms with Crippen molar-refractivity contribution in [1.29, 1.82) is 0 Å². The van der Waals surface area contributed by atoms with Gasteiger partial charge in [0.2, 0.25) is 0 Å². The SMILES string of the molecule is O=C(COc1ccc(Cl)cc1Cl)Nc1nc2c(F)cccc2s1. The van der Waals surface area contributed by atoms with Crippen LogP contribution in [0.25, 0.3) is 10.2 Å². The highest BCUT2D eigenvalue weighted by atomic mass is 35.5. The van der Waals surface area contributed by atoms with Gasteiger partial charge in [-0.05, 0) is 30.3 Å². The number of carbonyl (C=O) groups is 1. The molecule has 0 saturated heterocycles. The van der Waals surface area contributed by atoms with Gasteiger partial charge in [0.25, 0.3) is 5.91 Å². The van der Waals surface area contributed by atoms with Crippen LogP contribution in [0.1, 0.15) is 0 Å². The molecule has 2 aromatic carbocycles. The molecule has 118 valence electrons. The van der Waals surface area contributed by atoms with Crippen LogP contribution in [0, 0.1) is 5.82 Å². The average molecular weight is 371 g/mol. The number of para-hydroxylation sites is 1. The lowest BCUT2D eigenvalue weighted by Crippen LogP contribution is -2.20. The fourth-order valence-corrected chi connectivity index (χ4v) is 3.22. The molecule has 3 aromatic rings. The minimum Gasteiger partial charge on any atom is -0.482 e. The van der Waals surface area contributed by atoms with Crippen LogP contribution in [-0.2, 0) is 4.79 Å². The van der Waals surface area contributed by atoms with Crippen molar-refractivity contribution < 1.29 is 13.9 Å². The summed E-state index contributed by atoms with van der Waals surface area (Å²) in [5, 5.41) is 3.66. The molecular weight excluding hydrogens is 362 g/mol. The fraction of sp³-hybridized carbons (Fsp3) is 0.0667. The van der Waals surface area contributed by atoms with Gasteiger partial charge in [0, 0.05) is 5.02 Å². The van der Waals surface area contributed by atoms with Gasteiger partial charge in [-0.1, -0.05) is 40.6 Å². The zero-order chi connectivity index (χ0) is 16.4. The summed E-state index contributed by atoms with van der Waals surface area (Å²) in [6.07, 6.45) is 0. The third-order valence-corrected chi connectivity index (χ3v) is 4.34. The molecule has 0 aliphatic rings. The lowest BCUT2D eigenvalue weighted by atomic mass is 10.3. The zero-order valence-corrected chi connectivity index (χ0v) is 13.8. The molecule has 1 N–H and O–H groups in total. The monoisotopic (exact) mass is 370 g/mol. The molecule has 3 rings (SSSR count). The molecule has 0 aliphatic carbocycles. The highest BCUT2D eigenvalue weighted by molar-refractivity contribution is 7.22. The number of thiazole rings is 1. The summed E-state index contributed by atoms with van der Waals surface area (Å²) >= 11 is 12.9. The quantitative estimate of drug-likeness (QED) is 0.720. The van der Waals surface area contributed by atoms with Gasteiger partial charge in [-0.25, -0.2) is 9.37 Å². The Morgan fingerprint density at radius 2 is 2.13 bits per heavy atom. The van der Waals surface area contributed by atoms with Crippen LogP contribution in [0.3, 0.4) is 0 Å². The largest absolute Gasteiger partial charge is 0.482 e. The maximum Gasteiger partial charge on any atom is 0.264 e. The molecule has 1 amide bonds. The van der Waals surface area contributed by atoms with Crippen molar-refractivity contribution in [3.8, 4) is 5.75 Å². The molecule has 8 heteroatoms. The summed E-state index contributed by atoms with van der Waals surface area (Å²) < 4.78 is 19.5. The van der Waals surface area contributed by atoms with Crippen molar-refractivity contribution >= 4 is 55.8 Å². The smallest absolute Gasteiger partial charge is 0.264 e. The zero-order valence-electron chi connectivity index (χ0n) is 11.5. The Balaban J connectivity index is 1.65. The van der Waals surface area contributed by atoms with Crippen molar-refractivity contribution in [2.24, 2.45) is 0 Å². The van der Waals surface area contributed by atoms with Crippen molar-refractivity contribution in [3.63, 3.8) is 0 Å². The first-order chi connectivity index (χ1) is 11.0. The second kappa shape index (κ2) is 6.70. The number of hydrogen-bond donors (Lipinski definition) is 1. The normalized spacial score (nSPS) is 10.7. The van der Waals surface area contributed by atoms with E-state index in [-0.39, 0.29) is 12.1 Å². The lowest BCUT2D eigenvalue weighted by Gasteiger charge is -2.07. The third-order valence-electron chi connectivity index (χ3n) is 2.87. The standard InChI is InChI=1S/C15H9Cl2FN2O2S/c16-8-4-5-11(9(17)6-8)22-7-13(21)19-15-20-14-10(18)2-1-3-12(14)23-15/h1-6H,7H2,(H,19,20,21). The molecule has 0 bridgehead atoms.